The van der Waals surface area contributed by atoms with E-state index in [1.54, 1.807) is 29.6 Å². The number of hydrogen-bond acceptors (Lipinski definition) is 4. The first-order valence-corrected chi connectivity index (χ1v) is 12.4. The first-order chi connectivity index (χ1) is 14.9. The molecule has 0 N–H and O–H groups in total. The first-order valence-electron chi connectivity index (χ1n) is 11.0. The minimum atomic E-state index is -3.53. The van der Waals surface area contributed by atoms with Crippen LogP contribution in [0.4, 0.5) is 5.69 Å². The number of piperidine rings is 1. The summed E-state index contributed by atoms with van der Waals surface area (Å²) in [6.45, 7) is 3.19. The third-order valence-electron chi connectivity index (χ3n) is 6.29. The van der Waals surface area contributed by atoms with Crippen molar-refractivity contribution >= 4 is 21.6 Å². The highest BCUT2D eigenvalue weighted by Crippen LogP contribution is 2.33. The van der Waals surface area contributed by atoms with E-state index >= 15 is 0 Å². The number of carbonyl (C=O) groups is 1. The normalized spacial score (nSPS) is 19.3. The Morgan fingerprint density at radius 3 is 2.58 bits per heavy atom. The lowest BCUT2D eigenvalue weighted by Gasteiger charge is -2.26. The van der Waals surface area contributed by atoms with Crippen LogP contribution < -0.4 is 9.64 Å². The Labute approximate surface area is 184 Å². The van der Waals surface area contributed by atoms with E-state index < -0.39 is 10.0 Å². The van der Waals surface area contributed by atoms with Crippen LogP contribution in [0.15, 0.2) is 47.4 Å². The molecule has 0 spiro atoms. The second kappa shape index (κ2) is 9.01. The first kappa shape index (κ1) is 21.8. The van der Waals surface area contributed by atoms with E-state index in [4.69, 9.17) is 4.74 Å². The van der Waals surface area contributed by atoms with Crippen LogP contribution in [-0.2, 0) is 27.7 Å². The van der Waals surface area contributed by atoms with Crippen LogP contribution in [0.1, 0.15) is 43.7 Å². The average molecular weight is 443 g/mol. The number of amides is 1. The molecule has 2 aliphatic rings. The summed E-state index contributed by atoms with van der Waals surface area (Å²) in [6, 6.07) is 13.1. The molecule has 2 aliphatic heterocycles. The maximum absolute atomic E-state index is 13.1. The number of ether oxygens (including phenoxy) is 1. The van der Waals surface area contributed by atoms with E-state index in [0.717, 1.165) is 36.9 Å². The molecule has 1 saturated heterocycles. The fourth-order valence-electron chi connectivity index (χ4n) is 4.67. The molecule has 1 amide bonds. The van der Waals surface area contributed by atoms with Crippen LogP contribution in [0.2, 0.25) is 0 Å². The second-order valence-corrected chi connectivity index (χ2v) is 10.3. The summed E-state index contributed by atoms with van der Waals surface area (Å²) in [5, 5.41) is 0. The molecule has 6 nitrogen and oxygen atoms in total. The zero-order chi connectivity index (χ0) is 22.0. The van der Waals surface area contributed by atoms with Gasteiger partial charge in [0.2, 0.25) is 15.9 Å². The van der Waals surface area contributed by atoms with Crippen molar-refractivity contribution in [3.63, 3.8) is 0 Å². The van der Waals surface area contributed by atoms with Gasteiger partial charge in [0.25, 0.3) is 0 Å². The van der Waals surface area contributed by atoms with E-state index in [9.17, 15) is 13.2 Å². The highest BCUT2D eigenvalue weighted by atomic mass is 32.2. The summed E-state index contributed by atoms with van der Waals surface area (Å²) in [5.41, 5.74) is 2.91. The predicted octanol–water partition coefficient (Wildman–Crippen LogP) is 3.78. The number of hydrogen-bond donors (Lipinski definition) is 0. The maximum atomic E-state index is 13.1. The molecule has 2 heterocycles. The third kappa shape index (κ3) is 4.34. The van der Waals surface area contributed by atoms with Crippen molar-refractivity contribution in [1.82, 2.24) is 4.31 Å². The van der Waals surface area contributed by atoms with E-state index in [2.05, 4.69) is 13.0 Å². The molecule has 0 aliphatic carbocycles. The molecular formula is C24H30N2O4S. The molecule has 1 fully saturated rings. The van der Waals surface area contributed by atoms with E-state index in [-0.39, 0.29) is 16.8 Å². The fraction of sp³-hybridized carbons (Fsp3) is 0.458. The Kier molecular flexibility index (Phi) is 6.34. The lowest BCUT2D eigenvalue weighted by molar-refractivity contribution is -0.118. The summed E-state index contributed by atoms with van der Waals surface area (Å²) < 4.78 is 33.2. The van der Waals surface area contributed by atoms with Crippen LogP contribution in [-0.4, -0.2) is 44.9 Å². The number of methoxy groups -OCH3 is 1. The molecule has 1 atom stereocenters. The molecule has 2 aromatic carbocycles. The van der Waals surface area contributed by atoms with Gasteiger partial charge < -0.3 is 9.64 Å². The Balaban J connectivity index is 1.53. The highest BCUT2D eigenvalue weighted by Gasteiger charge is 2.31. The summed E-state index contributed by atoms with van der Waals surface area (Å²) in [5.74, 6) is 0.657. The quantitative estimate of drug-likeness (QED) is 0.683. The van der Waals surface area contributed by atoms with E-state index in [1.165, 1.54) is 5.56 Å². The minimum Gasteiger partial charge on any atom is -0.496 e. The van der Waals surface area contributed by atoms with Crippen molar-refractivity contribution in [2.75, 3.05) is 25.1 Å². The fourth-order valence-corrected chi connectivity index (χ4v) is 6.24. The van der Waals surface area contributed by atoms with Gasteiger partial charge in [-0.05, 0) is 68.0 Å². The molecule has 0 radical (unpaired) electrons. The zero-order valence-electron chi connectivity index (χ0n) is 18.2. The number of anilines is 1. The second-order valence-electron chi connectivity index (χ2n) is 8.38. The van der Waals surface area contributed by atoms with Gasteiger partial charge in [-0.15, -0.1) is 0 Å². The van der Waals surface area contributed by atoms with Gasteiger partial charge in [0, 0.05) is 31.2 Å². The van der Waals surface area contributed by atoms with Crippen LogP contribution in [0.5, 0.6) is 5.75 Å². The standard InChI is InChI=1S/C24H30N2O4S/c1-18-16-19-8-4-5-9-22(19)26(18)24(27)13-10-20-17-21(11-12-23(20)30-2)31(28,29)25-14-6-3-7-15-25/h4-5,8-9,11-12,17-18H,3,6-7,10,13-16H2,1-2H3/t18-/m0/s1. The molecular weight excluding hydrogens is 412 g/mol. The van der Waals surface area contributed by atoms with Gasteiger partial charge in [-0.1, -0.05) is 24.6 Å². The van der Waals surface area contributed by atoms with Crippen LogP contribution >= 0.6 is 0 Å². The van der Waals surface area contributed by atoms with Crippen LogP contribution in [0.25, 0.3) is 0 Å². The van der Waals surface area contributed by atoms with Crippen LogP contribution in [0, 0.1) is 0 Å². The van der Waals surface area contributed by atoms with Crippen LogP contribution in [0.3, 0.4) is 0 Å². The number of fused-ring (bicyclic) bond motifs is 1. The third-order valence-corrected chi connectivity index (χ3v) is 8.18. The number of aryl methyl sites for hydroxylation is 1. The minimum absolute atomic E-state index is 0.0452. The Hall–Kier alpha value is -2.38. The molecule has 31 heavy (non-hydrogen) atoms. The number of para-hydroxylation sites is 1. The SMILES string of the molecule is COc1ccc(S(=O)(=O)N2CCCCC2)cc1CCC(=O)N1c2ccccc2C[C@@H]1C. The van der Waals surface area contributed by atoms with Gasteiger partial charge >= 0.3 is 0 Å². The van der Waals surface area contributed by atoms with Crippen molar-refractivity contribution in [2.24, 2.45) is 0 Å². The molecule has 0 aromatic heterocycles. The lowest BCUT2D eigenvalue weighted by Crippen LogP contribution is -2.36. The van der Waals surface area contributed by atoms with Gasteiger partial charge in [-0.2, -0.15) is 4.31 Å². The topological polar surface area (TPSA) is 66.9 Å². The van der Waals surface area contributed by atoms with Gasteiger partial charge in [-0.3, -0.25) is 4.79 Å². The predicted molar refractivity (Wildman–Crippen MR) is 121 cm³/mol. The van der Waals surface area contributed by atoms with E-state index in [1.807, 2.05) is 23.1 Å². The van der Waals surface area contributed by atoms with Crippen molar-refractivity contribution in [1.29, 1.82) is 0 Å². The summed E-state index contributed by atoms with van der Waals surface area (Å²) in [4.78, 5) is 15.2. The average Bonchev–Trinajstić information content (AvgIpc) is 3.13. The van der Waals surface area contributed by atoms with Crippen molar-refractivity contribution in [3.05, 3.63) is 53.6 Å². The number of sulfonamides is 1. The molecule has 0 saturated carbocycles. The summed E-state index contributed by atoms with van der Waals surface area (Å²) in [7, 11) is -1.96. The smallest absolute Gasteiger partial charge is 0.243 e. The van der Waals surface area contributed by atoms with E-state index in [0.29, 0.717) is 31.7 Å². The Bertz CT molecular complexity index is 1060. The lowest BCUT2D eigenvalue weighted by atomic mass is 10.1. The van der Waals surface area contributed by atoms with Crippen molar-refractivity contribution < 1.29 is 17.9 Å². The molecule has 2 aromatic rings. The molecule has 4 rings (SSSR count). The van der Waals surface area contributed by atoms with Gasteiger partial charge in [0.05, 0.1) is 12.0 Å². The monoisotopic (exact) mass is 442 g/mol. The molecule has 0 unspecified atom stereocenters. The van der Waals surface area contributed by atoms with Crippen molar-refractivity contribution in [2.45, 2.75) is 56.4 Å². The van der Waals surface area contributed by atoms with Gasteiger partial charge in [-0.25, -0.2) is 8.42 Å². The summed E-state index contributed by atoms with van der Waals surface area (Å²) >= 11 is 0. The Morgan fingerprint density at radius 1 is 1.10 bits per heavy atom. The van der Waals surface area contributed by atoms with Gasteiger partial charge in [0.15, 0.2) is 0 Å². The highest BCUT2D eigenvalue weighted by molar-refractivity contribution is 7.89. The number of rotatable bonds is 6. The van der Waals surface area contributed by atoms with Gasteiger partial charge in [0.1, 0.15) is 5.75 Å². The largest absolute Gasteiger partial charge is 0.496 e. The Morgan fingerprint density at radius 2 is 1.84 bits per heavy atom. The number of carbonyl (C=O) groups excluding carboxylic acids is 1. The molecule has 166 valence electrons. The summed E-state index contributed by atoms with van der Waals surface area (Å²) in [6.07, 6.45) is 4.44. The zero-order valence-corrected chi connectivity index (χ0v) is 19.0. The maximum Gasteiger partial charge on any atom is 0.243 e. The molecule has 7 heteroatoms. The molecule has 0 bridgehead atoms. The number of benzene rings is 2. The van der Waals surface area contributed by atoms with Crippen molar-refractivity contribution in [3.8, 4) is 5.75 Å². The number of nitrogens with zero attached hydrogens (tertiary/aromatic N) is 2.